The summed E-state index contributed by atoms with van der Waals surface area (Å²) in [6.07, 6.45) is 6.89. The van der Waals surface area contributed by atoms with Crippen molar-refractivity contribution in [1.29, 1.82) is 0 Å². The fraction of sp³-hybridized carbons (Fsp3) is 0.500. The lowest BCUT2D eigenvalue weighted by Crippen LogP contribution is -2.58. The molecule has 0 aliphatic carbocycles. The number of H-pyrrole nitrogens is 1. The van der Waals surface area contributed by atoms with E-state index in [0.29, 0.717) is 37.3 Å². The molecule has 1 aromatic heterocycles. The van der Waals surface area contributed by atoms with Crippen molar-refractivity contribution in [2.45, 2.75) is 62.7 Å². The van der Waals surface area contributed by atoms with E-state index in [1.54, 1.807) is 36.0 Å². The summed E-state index contributed by atoms with van der Waals surface area (Å²) in [5, 5.41) is 17.6. The van der Waals surface area contributed by atoms with Crippen LogP contribution >= 0.6 is 11.8 Å². The van der Waals surface area contributed by atoms with E-state index in [2.05, 4.69) is 25.9 Å². The van der Waals surface area contributed by atoms with E-state index in [1.807, 2.05) is 12.3 Å². The second kappa shape index (κ2) is 17.2. The third kappa shape index (κ3) is 11.5. The third-order valence-electron chi connectivity index (χ3n) is 6.06. The first-order chi connectivity index (χ1) is 18.7. The lowest BCUT2D eigenvalue weighted by atomic mass is 10.0. The fourth-order valence-corrected chi connectivity index (χ4v) is 4.32. The first kappa shape index (κ1) is 31.8. The summed E-state index contributed by atoms with van der Waals surface area (Å²) in [6.45, 7) is 0.414. The highest BCUT2D eigenvalue weighted by atomic mass is 32.2. The predicted octanol–water partition coefficient (Wildman–Crippen LogP) is -0.0567. The molecule has 0 radical (unpaired) electrons. The van der Waals surface area contributed by atoms with Crippen LogP contribution in [0.1, 0.15) is 36.9 Å². The lowest BCUT2D eigenvalue weighted by Gasteiger charge is -2.25. The average molecular weight is 562 g/mol. The number of hydrogen-bond acceptors (Lipinski definition) is 8. The number of carbonyl (C=O) groups excluding carboxylic acids is 3. The van der Waals surface area contributed by atoms with Gasteiger partial charge in [0, 0.05) is 24.7 Å². The molecule has 13 heteroatoms. The summed E-state index contributed by atoms with van der Waals surface area (Å²) in [4.78, 5) is 58.1. The molecule has 3 amide bonds. The Labute approximate surface area is 232 Å². The summed E-state index contributed by atoms with van der Waals surface area (Å²) in [6, 6.07) is 4.95. The van der Waals surface area contributed by atoms with Gasteiger partial charge in [-0.2, -0.15) is 11.8 Å². The van der Waals surface area contributed by atoms with Gasteiger partial charge >= 0.3 is 5.97 Å². The number of nitrogens with two attached hydrogens (primary N) is 2. The maximum atomic E-state index is 13.5. The smallest absolute Gasteiger partial charge is 0.326 e. The first-order valence-corrected chi connectivity index (χ1v) is 14.2. The van der Waals surface area contributed by atoms with Crippen molar-refractivity contribution in [1.82, 2.24) is 25.9 Å². The Morgan fingerprint density at radius 2 is 1.59 bits per heavy atom. The van der Waals surface area contributed by atoms with Crippen molar-refractivity contribution in [3.05, 3.63) is 54.1 Å². The molecule has 4 unspecified atom stereocenters. The minimum absolute atomic E-state index is 0.0866. The summed E-state index contributed by atoms with van der Waals surface area (Å²) in [5.41, 5.74) is 12.9. The average Bonchev–Trinajstić information content (AvgIpc) is 3.44. The van der Waals surface area contributed by atoms with Crippen molar-refractivity contribution in [3.63, 3.8) is 0 Å². The molecular formula is C26H39N7O5S. The topological polar surface area (TPSA) is 205 Å². The van der Waals surface area contributed by atoms with Crippen LogP contribution in [0.25, 0.3) is 0 Å². The molecule has 2 aromatic rings. The van der Waals surface area contributed by atoms with Gasteiger partial charge < -0.3 is 37.5 Å². The number of unbranched alkanes of at least 4 members (excludes halogenated alkanes) is 1. The molecule has 0 saturated carbocycles. The molecule has 2 rings (SSSR count). The van der Waals surface area contributed by atoms with Gasteiger partial charge in [-0.15, -0.1) is 0 Å². The van der Waals surface area contributed by atoms with Crippen LogP contribution in [0.2, 0.25) is 0 Å². The number of aromatic amines is 1. The van der Waals surface area contributed by atoms with Crippen LogP contribution in [0.4, 0.5) is 0 Å². The molecular weight excluding hydrogens is 522 g/mol. The van der Waals surface area contributed by atoms with Gasteiger partial charge in [0.2, 0.25) is 17.7 Å². The zero-order valence-corrected chi connectivity index (χ0v) is 22.9. The number of nitrogens with one attached hydrogen (secondary N) is 4. The van der Waals surface area contributed by atoms with Gasteiger partial charge in [0.15, 0.2) is 0 Å². The maximum absolute atomic E-state index is 13.5. The molecule has 4 atom stereocenters. The molecule has 214 valence electrons. The highest BCUT2D eigenvalue weighted by Gasteiger charge is 2.30. The largest absolute Gasteiger partial charge is 0.480 e. The van der Waals surface area contributed by atoms with E-state index in [9.17, 15) is 24.3 Å². The zero-order valence-electron chi connectivity index (χ0n) is 22.1. The number of thioether (sulfide) groups is 1. The van der Waals surface area contributed by atoms with Gasteiger partial charge in [0.1, 0.15) is 18.1 Å². The van der Waals surface area contributed by atoms with Crippen LogP contribution in [0.15, 0.2) is 42.9 Å². The summed E-state index contributed by atoms with van der Waals surface area (Å²) in [7, 11) is 0. The van der Waals surface area contributed by atoms with Crippen molar-refractivity contribution < 1.29 is 24.3 Å². The number of aliphatic carboxylic acids is 1. The predicted molar refractivity (Wildman–Crippen MR) is 150 cm³/mol. The Bertz CT molecular complexity index is 1040. The van der Waals surface area contributed by atoms with Gasteiger partial charge in [0.05, 0.1) is 12.4 Å². The minimum atomic E-state index is -1.17. The summed E-state index contributed by atoms with van der Waals surface area (Å²) in [5.74, 6) is -2.23. The standard InChI is InChI=1S/C26H39N7O5S/c1-39-12-10-19(28)23(34)32-22(14-18-15-29-16-30-18)25(36)33-21(13-17-7-3-2-4-8-17)24(35)31-20(26(37)38)9-5-6-11-27/h2-4,7-8,15-16,19-22H,5-6,9-14,27-28H2,1H3,(H,29,30)(H,31,35)(H,32,34)(H,33,36)(H,37,38). The number of carboxylic acid groups (broad SMARTS) is 1. The molecule has 0 spiro atoms. The van der Waals surface area contributed by atoms with Gasteiger partial charge in [-0.3, -0.25) is 14.4 Å². The Morgan fingerprint density at radius 1 is 0.949 bits per heavy atom. The van der Waals surface area contributed by atoms with Crippen LogP contribution in [0.3, 0.4) is 0 Å². The van der Waals surface area contributed by atoms with Crippen LogP contribution in [0, 0.1) is 0 Å². The number of aromatic nitrogens is 2. The van der Waals surface area contributed by atoms with Gasteiger partial charge in [0.25, 0.3) is 0 Å². The van der Waals surface area contributed by atoms with Crippen LogP contribution < -0.4 is 27.4 Å². The Kier molecular flexibility index (Phi) is 14.0. The normalized spacial score (nSPS) is 14.0. The van der Waals surface area contributed by atoms with Crippen molar-refractivity contribution >= 4 is 35.5 Å². The molecule has 0 aliphatic heterocycles. The van der Waals surface area contributed by atoms with E-state index in [0.717, 1.165) is 5.56 Å². The molecule has 12 nitrogen and oxygen atoms in total. The summed E-state index contributed by atoms with van der Waals surface area (Å²) >= 11 is 1.56. The quantitative estimate of drug-likeness (QED) is 0.122. The molecule has 39 heavy (non-hydrogen) atoms. The van der Waals surface area contributed by atoms with E-state index in [4.69, 9.17) is 11.5 Å². The monoisotopic (exact) mass is 561 g/mol. The summed E-state index contributed by atoms with van der Waals surface area (Å²) < 4.78 is 0. The van der Waals surface area contributed by atoms with E-state index in [-0.39, 0.29) is 19.3 Å². The molecule has 0 aliphatic rings. The van der Waals surface area contributed by atoms with Crippen molar-refractivity contribution in [3.8, 4) is 0 Å². The minimum Gasteiger partial charge on any atom is -0.480 e. The zero-order chi connectivity index (χ0) is 28.6. The van der Waals surface area contributed by atoms with Crippen molar-refractivity contribution in [2.24, 2.45) is 11.5 Å². The highest BCUT2D eigenvalue weighted by Crippen LogP contribution is 2.08. The number of nitrogens with zero attached hydrogens (tertiary/aromatic N) is 1. The first-order valence-electron chi connectivity index (χ1n) is 12.8. The molecule has 1 aromatic carbocycles. The number of carboxylic acids is 1. The van der Waals surface area contributed by atoms with Crippen molar-refractivity contribution in [2.75, 3.05) is 18.6 Å². The van der Waals surface area contributed by atoms with Gasteiger partial charge in [-0.05, 0) is 49.8 Å². The molecule has 0 saturated heterocycles. The van der Waals surface area contributed by atoms with Gasteiger partial charge in [-0.1, -0.05) is 30.3 Å². The second-order valence-corrected chi connectivity index (χ2v) is 10.2. The number of benzene rings is 1. The second-order valence-electron chi connectivity index (χ2n) is 9.16. The Hall–Kier alpha value is -3.42. The number of imidazole rings is 1. The van der Waals surface area contributed by atoms with E-state index in [1.165, 1.54) is 12.5 Å². The van der Waals surface area contributed by atoms with Gasteiger partial charge in [-0.25, -0.2) is 9.78 Å². The SMILES string of the molecule is CSCCC(N)C(=O)NC(Cc1cnc[nH]1)C(=O)NC(Cc1ccccc1)C(=O)NC(CCCCN)C(=O)O. The highest BCUT2D eigenvalue weighted by molar-refractivity contribution is 7.98. The number of carbonyl (C=O) groups is 4. The van der Waals surface area contributed by atoms with Crippen LogP contribution in [-0.4, -0.2) is 81.5 Å². The maximum Gasteiger partial charge on any atom is 0.326 e. The number of rotatable bonds is 18. The number of amides is 3. The van der Waals surface area contributed by atoms with E-state index < -0.39 is 47.9 Å². The molecule has 0 bridgehead atoms. The molecule has 1 heterocycles. The number of hydrogen-bond donors (Lipinski definition) is 7. The third-order valence-corrected chi connectivity index (χ3v) is 6.70. The van der Waals surface area contributed by atoms with Crippen LogP contribution in [0.5, 0.6) is 0 Å². The Morgan fingerprint density at radius 3 is 2.18 bits per heavy atom. The van der Waals surface area contributed by atoms with Crippen LogP contribution in [-0.2, 0) is 32.0 Å². The fourth-order valence-electron chi connectivity index (χ4n) is 3.83. The molecule has 9 N–H and O–H groups in total. The molecule has 0 fully saturated rings. The lowest BCUT2D eigenvalue weighted by molar-refractivity contribution is -0.142. The van der Waals surface area contributed by atoms with E-state index >= 15 is 0 Å². The Balaban J connectivity index is 2.23.